The van der Waals surface area contributed by atoms with Crippen molar-refractivity contribution < 1.29 is 14.3 Å². The van der Waals surface area contributed by atoms with Gasteiger partial charge in [-0.15, -0.1) is 10.5 Å². The molecular formula is C29H23N3O3. The molecule has 1 amide bonds. The van der Waals surface area contributed by atoms with Gasteiger partial charge in [-0.25, -0.2) is 0 Å². The van der Waals surface area contributed by atoms with E-state index < -0.39 is 5.41 Å². The second kappa shape index (κ2) is 10.4. The molecule has 0 saturated heterocycles. The Morgan fingerprint density at radius 1 is 0.886 bits per heavy atom. The van der Waals surface area contributed by atoms with Crippen molar-refractivity contribution in [3.63, 3.8) is 0 Å². The number of allylic oxidation sites excluding steroid dienone is 3. The third-order valence-electron chi connectivity index (χ3n) is 6.29. The van der Waals surface area contributed by atoms with Crippen LogP contribution in [0.25, 0.3) is 0 Å². The molecule has 1 aliphatic carbocycles. The number of amides is 1. The Balaban J connectivity index is 1.96. The smallest absolute Gasteiger partial charge is 0.292 e. The molecule has 0 radical (unpaired) electrons. The van der Waals surface area contributed by atoms with Gasteiger partial charge in [-0.1, -0.05) is 72.3 Å². The lowest BCUT2D eigenvalue weighted by molar-refractivity contribution is -0.109. The lowest BCUT2D eigenvalue weighted by Crippen LogP contribution is -2.38. The molecule has 0 heterocycles. The minimum absolute atomic E-state index is 0.147. The molecule has 35 heavy (non-hydrogen) atoms. The standard InChI is InChI=1S/C29H23N3O3/c1-21-4-6-22(7-5-21)28-23(17-32-20-33)3-2-16-29(28,24-8-12-26(13-9-24)34-18-30)25-10-14-27(15-11-25)35-19-31/h2-16,20,28H,17H2,1H3,(H,32,33). The van der Waals surface area contributed by atoms with Crippen LogP contribution in [0.5, 0.6) is 11.5 Å². The second-order valence-corrected chi connectivity index (χ2v) is 8.25. The lowest BCUT2D eigenvalue weighted by atomic mass is 9.59. The summed E-state index contributed by atoms with van der Waals surface area (Å²) in [4.78, 5) is 11.2. The summed E-state index contributed by atoms with van der Waals surface area (Å²) in [5, 5.41) is 20.6. The fraction of sp³-hybridized carbons (Fsp3) is 0.138. The summed E-state index contributed by atoms with van der Waals surface area (Å²) in [6.45, 7) is 2.43. The van der Waals surface area contributed by atoms with E-state index >= 15 is 0 Å². The molecule has 172 valence electrons. The summed E-state index contributed by atoms with van der Waals surface area (Å²) >= 11 is 0. The van der Waals surface area contributed by atoms with Crippen LogP contribution in [-0.2, 0) is 10.2 Å². The molecule has 1 atom stereocenters. The highest BCUT2D eigenvalue weighted by molar-refractivity contribution is 5.58. The van der Waals surface area contributed by atoms with E-state index in [0.29, 0.717) is 24.5 Å². The Hall–Kier alpha value is -4.81. The first-order valence-corrected chi connectivity index (χ1v) is 11.1. The third-order valence-corrected chi connectivity index (χ3v) is 6.29. The molecule has 1 unspecified atom stereocenters. The fourth-order valence-corrected chi connectivity index (χ4v) is 4.76. The van der Waals surface area contributed by atoms with Crippen LogP contribution in [0, 0.1) is 30.0 Å². The summed E-state index contributed by atoms with van der Waals surface area (Å²) in [6, 6.07) is 23.3. The van der Waals surface area contributed by atoms with Gasteiger partial charge in [0.05, 0.1) is 0 Å². The number of carbonyl (C=O) groups excluding carboxylic acids is 1. The van der Waals surface area contributed by atoms with Crippen LogP contribution in [0.4, 0.5) is 0 Å². The second-order valence-electron chi connectivity index (χ2n) is 8.25. The number of rotatable bonds is 8. The maximum atomic E-state index is 11.2. The van der Waals surface area contributed by atoms with Gasteiger partial charge >= 0.3 is 0 Å². The zero-order chi connectivity index (χ0) is 24.7. The van der Waals surface area contributed by atoms with Crippen molar-refractivity contribution in [2.45, 2.75) is 18.3 Å². The van der Waals surface area contributed by atoms with Crippen LogP contribution < -0.4 is 14.8 Å². The molecule has 0 aromatic heterocycles. The summed E-state index contributed by atoms with van der Waals surface area (Å²) in [5.41, 5.74) is 4.59. The van der Waals surface area contributed by atoms with E-state index in [4.69, 9.17) is 20.0 Å². The van der Waals surface area contributed by atoms with Gasteiger partial charge in [-0.05, 0) is 53.5 Å². The highest BCUT2D eigenvalue weighted by atomic mass is 16.5. The summed E-state index contributed by atoms with van der Waals surface area (Å²) in [5.74, 6) is 0.759. The Morgan fingerprint density at radius 2 is 1.43 bits per heavy atom. The molecule has 0 spiro atoms. The number of carbonyl (C=O) groups is 1. The summed E-state index contributed by atoms with van der Waals surface area (Å²) in [7, 11) is 0. The molecule has 1 N–H and O–H groups in total. The van der Waals surface area contributed by atoms with Crippen LogP contribution in [0.2, 0.25) is 0 Å². The number of hydrogen-bond acceptors (Lipinski definition) is 5. The minimum atomic E-state index is -0.653. The molecule has 3 aromatic rings. The van der Waals surface area contributed by atoms with Crippen LogP contribution in [-0.4, -0.2) is 13.0 Å². The number of nitrogens with zero attached hydrogens (tertiary/aromatic N) is 2. The monoisotopic (exact) mass is 461 g/mol. The van der Waals surface area contributed by atoms with Crippen LogP contribution in [0.3, 0.4) is 0 Å². The Kier molecular flexibility index (Phi) is 6.95. The average Bonchev–Trinajstić information content (AvgIpc) is 2.89. The maximum Gasteiger partial charge on any atom is 0.292 e. The van der Waals surface area contributed by atoms with Crippen molar-refractivity contribution in [2.24, 2.45) is 0 Å². The average molecular weight is 462 g/mol. The van der Waals surface area contributed by atoms with Crippen LogP contribution >= 0.6 is 0 Å². The molecule has 3 aromatic carbocycles. The Morgan fingerprint density at radius 3 is 1.91 bits per heavy atom. The molecule has 0 bridgehead atoms. The van der Waals surface area contributed by atoms with E-state index in [1.165, 1.54) is 0 Å². The van der Waals surface area contributed by atoms with E-state index in [1.54, 1.807) is 36.8 Å². The van der Waals surface area contributed by atoms with Gasteiger partial charge in [0.25, 0.3) is 12.5 Å². The van der Waals surface area contributed by atoms with Crippen molar-refractivity contribution in [1.82, 2.24) is 5.32 Å². The topological polar surface area (TPSA) is 95.1 Å². The quantitative estimate of drug-likeness (QED) is 0.375. The van der Waals surface area contributed by atoms with Crippen molar-refractivity contribution in [3.8, 4) is 24.0 Å². The molecule has 4 rings (SSSR count). The van der Waals surface area contributed by atoms with Gasteiger partial charge in [0.2, 0.25) is 6.41 Å². The van der Waals surface area contributed by atoms with Gasteiger partial charge in [0, 0.05) is 17.9 Å². The van der Waals surface area contributed by atoms with Crippen molar-refractivity contribution in [2.75, 3.05) is 6.54 Å². The molecular weight excluding hydrogens is 438 g/mol. The molecule has 1 aliphatic rings. The number of hydrogen-bond donors (Lipinski definition) is 1. The zero-order valence-corrected chi connectivity index (χ0v) is 19.1. The fourth-order valence-electron chi connectivity index (χ4n) is 4.76. The van der Waals surface area contributed by atoms with Crippen molar-refractivity contribution >= 4 is 6.41 Å². The lowest BCUT2D eigenvalue weighted by Gasteiger charge is -2.43. The molecule has 0 fully saturated rings. The number of nitriles is 2. The summed E-state index contributed by atoms with van der Waals surface area (Å²) in [6.07, 6.45) is 10.3. The molecule has 0 saturated carbocycles. The number of nitrogens with one attached hydrogen (secondary N) is 1. The van der Waals surface area contributed by atoms with E-state index in [-0.39, 0.29) is 5.92 Å². The maximum absolute atomic E-state index is 11.2. The largest absolute Gasteiger partial charge is 0.388 e. The number of ether oxygens (including phenoxy) is 2. The van der Waals surface area contributed by atoms with Crippen LogP contribution in [0.15, 0.2) is 96.6 Å². The van der Waals surface area contributed by atoms with Gasteiger partial charge in [0.1, 0.15) is 11.5 Å². The number of aryl methyl sites for hydroxylation is 1. The van der Waals surface area contributed by atoms with Gasteiger partial charge in [0.15, 0.2) is 0 Å². The van der Waals surface area contributed by atoms with E-state index in [9.17, 15) is 4.79 Å². The first-order chi connectivity index (χ1) is 17.1. The molecule has 6 heteroatoms. The molecule has 0 aliphatic heterocycles. The highest BCUT2D eigenvalue weighted by Gasteiger charge is 2.44. The van der Waals surface area contributed by atoms with Crippen molar-refractivity contribution in [3.05, 3.63) is 119 Å². The minimum Gasteiger partial charge on any atom is -0.388 e. The summed E-state index contributed by atoms with van der Waals surface area (Å²) < 4.78 is 10.0. The SMILES string of the molecule is Cc1ccc(C2C(CNC=O)=CC=CC2(c2ccc(OC#N)cc2)c2ccc(OC#N)cc2)cc1. The highest BCUT2D eigenvalue weighted by Crippen LogP contribution is 2.51. The van der Waals surface area contributed by atoms with E-state index in [1.807, 2.05) is 43.3 Å². The predicted molar refractivity (Wildman–Crippen MR) is 131 cm³/mol. The number of benzene rings is 3. The zero-order valence-electron chi connectivity index (χ0n) is 19.1. The molecule has 6 nitrogen and oxygen atoms in total. The van der Waals surface area contributed by atoms with Crippen molar-refractivity contribution in [1.29, 1.82) is 10.5 Å². The van der Waals surface area contributed by atoms with E-state index in [2.05, 4.69) is 35.7 Å². The third kappa shape index (κ3) is 4.64. The Labute approximate surface area is 204 Å². The Bertz CT molecular complexity index is 1270. The predicted octanol–water partition coefficient (Wildman–Crippen LogP) is 5.03. The normalized spacial score (nSPS) is 15.7. The first-order valence-electron chi connectivity index (χ1n) is 11.1. The van der Waals surface area contributed by atoms with E-state index in [0.717, 1.165) is 27.8 Å². The van der Waals surface area contributed by atoms with Gasteiger partial charge in [-0.3, -0.25) is 4.79 Å². The van der Waals surface area contributed by atoms with Gasteiger partial charge in [-0.2, -0.15) is 0 Å². The van der Waals surface area contributed by atoms with Crippen LogP contribution in [0.1, 0.15) is 28.2 Å². The van der Waals surface area contributed by atoms with Gasteiger partial charge < -0.3 is 14.8 Å². The first kappa shape index (κ1) is 23.4.